The highest BCUT2D eigenvalue weighted by Gasteiger charge is 2.30. The number of benzene rings is 2. The molecule has 1 unspecified atom stereocenters. The molecule has 1 N–H and O–H groups in total. The lowest BCUT2D eigenvalue weighted by Crippen LogP contribution is -2.45. The van der Waals surface area contributed by atoms with Gasteiger partial charge < -0.3 is 24.4 Å². The van der Waals surface area contributed by atoms with Crippen LogP contribution in [0.25, 0.3) is 0 Å². The highest BCUT2D eigenvalue weighted by atomic mass is 35.5. The minimum absolute atomic E-state index is 0.175. The molecule has 1 aliphatic rings. The molecular formula is C22H24Cl2N2O5. The summed E-state index contributed by atoms with van der Waals surface area (Å²) in [5, 5.41) is 3.65. The summed E-state index contributed by atoms with van der Waals surface area (Å²) in [5.74, 6) is 1.13. The number of carbonyl (C=O) groups excluding carboxylic acids is 2. The number of rotatable bonds is 7. The molecule has 1 heterocycles. The molecule has 2 amide bonds. The van der Waals surface area contributed by atoms with Crippen LogP contribution in [0, 0.1) is 0 Å². The molecule has 1 saturated heterocycles. The Hall–Kier alpha value is -2.64. The van der Waals surface area contributed by atoms with Crippen LogP contribution in [0.15, 0.2) is 30.3 Å². The van der Waals surface area contributed by atoms with Crippen LogP contribution in [0.2, 0.25) is 10.0 Å². The number of carbonyl (C=O) groups is 2. The van der Waals surface area contributed by atoms with Gasteiger partial charge in [-0.1, -0.05) is 29.3 Å². The summed E-state index contributed by atoms with van der Waals surface area (Å²) >= 11 is 12.1. The largest absolute Gasteiger partial charge is 0.493 e. The summed E-state index contributed by atoms with van der Waals surface area (Å²) < 4.78 is 16.2. The molecule has 166 valence electrons. The lowest BCUT2D eigenvalue weighted by atomic mass is 10.0. The molecule has 31 heavy (non-hydrogen) atoms. The molecule has 0 aliphatic carbocycles. The van der Waals surface area contributed by atoms with E-state index in [0.717, 1.165) is 11.1 Å². The lowest BCUT2D eigenvalue weighted by Gasteiger charge is -2.25. The van der Waals surface area contributed by atoms with Crippen molar-refractivity contribution in [2.45, 2.75) is 25.4 Å². The van der Waals surface area contributed by atoms with E-state index in [-0.39, 0.29) is 18.2 Å². The van der Waals surface area contributed by atoms with Crippen molar-refractivity contribution in [1.29, 1.82) is 0 Å². The predicted molar refractivity (Wildman–Crippen MR) is 118 cm³/mol. The second-order valence-electron chi connectivity index (χ2n) is 7.12. The third kappa shape index (κ3) is 5.35. The molecule has 0 saturated carbocycles. The smallest absolute Gasteiger partial charge is 0.245 e. The van der Waals surface area contributed by atoms with E-state index >= 15 is 0 Å². The minimum Gasteiger partial charge on any atom is -0.493 e. The molecule has 0 aromatic heterocycles. The summed E-state index contributed by atoms with van der Waals surface area (Å²) in [5.41, 5.74) is 1.60. The van der Waals surface area contributed by atoms with Crippen molar-refractivity contribution in [1.82, 2.24) is 10.2 Å². The third-order valence-corrected chi connectivity index (χ3v) is 5.81. The number of nitrogens with one attached hydrogen (secondary N) is 1. The fourth-order valence-corrected chi connectivity index (χ4v) is 3.86. The monoisotopic (exact) mass is 466 g/mol. The van der Waals surface area contributed by atoms with E-state index in [1.165, 1.54) is 21.3 Å². The Morgan fingerprint density at radius 1 is 0.968 bits per heavy atom. The van der Waals surface area contributed by atoms with E-state index < -0.39 is 6.04 Å². The second kappa shape index (κ2) is 10.1. The quantitative estimate of drug-likeness (QED) is 0.675. The number of ether oxygens (including phenoxy) is 3. The molecule has 9 heteroatoms. The first-order valence-corrected chi connectivity index (χ1v) is 10.4. The molecule has 1 atom stereocenters. The van der Waals surface area contributed by atoms with Gasteiger partial charge in [0, 0.05) is 25.9 Å². The summed E-state index contributed by atoms with van der Waals surface area (Å²) in [4.78, 5) is 27.1. The molecule has 7 nitrogen and oxygen atoms in total. The van der Waals surface area contributed by atoms with E-state index in [9.17, 15) is 9.59 Å². The predicted octanol–water partition coefficient (Wildman–Crippen LogP) is 3.48. The number of hydrogen-bond acceptors (Lipinski definition) is 5. The van der Waals surface area contributed by atoms with Crippen LogP contribution < -0.4 is 19.5 Å². The molecule has 0 spiro atoms. The Balaban J connectivity index is 1.84. The third-order valence-electron chi connectivity index (χ3n) is 5.08. The van der Waals surface area contributed by atoms with Crippen molar-refractivity contribution in [3.05, 3.63) is 51.5 Å². The summed E-state index contributed by atoms with van der Waals surface area (Å²) in [7, 11) is 4.60. The maximum Gasteiger partial charge on any atom is 0.245 e. The average molecular weight is 467 g/mol. The van der Waals surface area contributed by atoms with E-state index in [2.05, 4.69) is 5.32 Å². The van der Waals surface area contributed by atoms with E-state index in [4.69, 9.17) is 37.4 Å². The first-order valence-electron chi connectivity index (χ1n) is 9.67. The fourth-order valence-electron chi connectivity index (χ4n) is 3.54. The van der Waals surface area contributed by atoms with Gasteiger partial charge >= 0.3 is 0 Å². The van der Waals surface area contributed by atoms with Crippen LogP contribution in [0.1, 0.15) is 17.5 Å². The normalized spacial score (nSPS) is 16.5. The van der Waals surface area contributed by atoms with E-state index in [0.29, 0.717) is 46.8 Å². The molecule has 1 aliphatic heterocycles. The van der Waals surface area contributed by atoms with Gasteiger partial charge in [-0.3, -0.25) is 9.59 Å². The van der Waals surface area contributed by atoms with Gasteiger partial charge in [0.25, 0.3) is 0 Å². The number of methoxy groups -OCH3 is 3. The molecule has 0 radical (unpaired) electrons. The van der Waals surface area contributed by atoms with Gasteiger partial charge in [0.15, 0.2) is 11.5 Å². The van der Waals surface area contributed by atoms with Gasteiger partial charge in [-0.2, -0.15) is 0 Å². The fraction of sp³-hybridized carbons (Fsp3) is 0.364. The maximum absolute atomic E-state index is 13.2. The van der Waals surface area contributed by atoms with Crippen molar-refractivity contribution in [3.63, 3.8) is 0 Å². The Labute approximate surface area is 191 Å². The minimum atomic E-state index is -0.700. The van der Waals surface area contributed by atoms with Crippen molar-refractivity contribution < 1.29 is 23.8 Å². The Morgan fingerprint density at radius 2 is 1.65 bits per heavy atom. The number of amides is 2. The Bertz CT molecular complexity index is 957. The molecule has 2 aromatic rings. The number of hydrogen-bond donors (Lipinski definition) is 1. The van der Waals surface area contributed by atoms with Crippen molar-refractivity contribution in [3.8, 4) is 17.2 Å². The highest BCUT2D eigenvalue weighted by Crippen LogP contribution is 2.38. The van der Waals surface area contributed by atoms with Gasteiger partial charge in [0.1, 0.15) is 6.04 Å². The topological polar surface area (TPSA) is 77.1 Å². The number of nitrogens with zero attached hydrogens (tertiary/aromatic N) is 1. The average Bonchev–Trinajstić information content (AvgIpc) is 2.89. The number of halogens is 2. The first-order chi connectivity index (χ1) is 14.9. The van der Waals surface area contributed by atoms with Crippen LogP contribution in [-0.4, -0.2) is 50.6 Å². The molecular weight excluding hydrogens is 443 g/mol. The SMILES string of the molecule is COc1cc(CN2CCC(=O)NC(Cc3ccc(Cl)c(Cl)c3)C2=O)cc(OC)c1OC. The van der Waals surface area contributed by atoms with Crippen molar-refractivity contribution >= 4 is 35.0 Å². The van der Waals surface area contributed by atoms with Crippen LogP contribution in [0.3, 0.4) is 0 Å². The molecule has 0 bridgehead atoms. The summed E-state index contributed by atoms with van der Waals surface area (Å²) in [6.07, 6.45) is 0.529. The van der Waals surface area contributed by atoms with Gasteiger partial charge in [-0.15, -0.1) is 0 Å². The van der Waals surface area contributed by atoms with Crippen LogP contribution in [-0.2, 0) is 22.6 Å². The molecule has 1 fully saturated rings. The zero-order valence-electron chi connectivity index (χ0n) is 17.5. The molecule has 2 aromatic carbocycles. The zero-order chi connectivity index (χ0) is 22.5. The highest BCUT2D eigenvalue weighted by molar-refractivity contribution is 6.42. The Morgan fingerprint density at radius 3 is 2.23 bits per heavy atom. The van der Waals surface area contributed by atoms with Gasteiger partial charge in [0.2, 0.25) is 17.6 Å². The first kappa shape index (κ1) is 23.0. The maximum atomic E-state index is 13.2. The van der Waals surface area contributed by atoms with Crippen molar-refractivity contribution in [2.75, 3.05) is 27.9 Å². The summed E-state index contributed by atoms with van der Waals surface area (Å²) in [6.45, 7) is 0.599. The van der Waals surface area contributed by atoms with Gasteiger partial charge in [-0.25, -0.2) is 0 Å². The molecule has 3 rings (SSSR count). The zero-order valence-corrected chi connectivity index (χ0v) is 19.0. The summed E-state index contributed by atoms with van der Waals surface area (Å²) in [6, 6.07) is 8.07. The van der Waals surface area contributed by atoms with Crippen LogP contribution >= 0.6 is 23.2 Å². The van der Waals surface area contributed by atoms with Crippen molar-refractivity contribution in [2.24, 2.45) is 0 Å². The second-order valence-corrected chi connectivity index (χ2v) is 7.93. The van der Waals surface area contributed by atoms with E-state index in [1.807, 2.05) is 0 Å². The van der Waals surface area contributed by atoms with E-state index in [1.54, 1.807) is 35.2 Å². The van der Waals surface area contributed by atoms with Gasteiger partial charge in [0.05, 0.1) is 31.4 Å². The lowest BCUT2D eigenvalue weighted by molar-refractivity contribution is -0.134. The van der Waals surface area contributed by atoms with Crippen LogP contribution in [0.4, 0.5) is 0 Å². The Kier molecular flexibility index (Phi) is 7.51. The standard InChI is InChI=1S/C22H24Cl2N2O5/c1-29-18-10-14(11-19(30-2)21(18)31-3)12-26-7-6-20(27)25-17(22(26)28)9-13-4-5-15(23)16(24)8-13/h4-5,8,10-11,17H,6-7,9,12H2,1-3H3,(H,25,27). The van der Waals surface area contributed by atoms with Gasteiger partial charge in [-0.05, 0) is 35.4 Å². The van der Waals surface area contributed by atoms with Crippen LogP contribution in [0.5, 0.6) is 17.2 Å².